The number of hydrogen-bond donors (Lipinski definition) is 5. The zero-order valence-electron chi connectivity index (χ0n) is 19.2. The molecule has 14 nitrogen and oxygen atoms in total. The SMILES string of the molecule is CC(=O)NC1[C@H](OCCOCCOCCNC(=O)c2ccc([N+](=O)[O-])cc2)OC(CO)[C@H](O)[C@@H]1O. The van der Waals surface area contributed by atoms with Gasteiger partial charge >= 0.3 is 0 Å². The van der Waals surface area contributed by atoms with E-state index in [0.29, 0.717) is 5.56 Å². The molecule has 0 saturated carbocycles. The Morgan fingerprint density at radius 3 is 2.29 bits per heavy atom. The third-order valence-corrected chi connectivity index (χ3v) is 5.00. The predicted octanol–water partition coefficient (Wildman–Crippen LogP) is -1.68. The topological polar surface area (TPSA) is 199 Å². The van der Waals surface area contributed by atoms with Crippen LogP contribution in [0, 0.1) is 10.1 Å². The third-order valence-electron chi connectivity index (χ3n) is 5.00. The van der Waals surface area contributed by atoms with Crippen molar-refractivity contribution in [1.29, 1.82) is 0 Å². The Morgan fingerprint density at radius 1 is 1.06 bits per heavy atom. The minimum absolute atomic E-state index is 0.0486. The number of amides is 2. The van der Waals surface area contributed by atoms with E-state index in [1.165, 1.54) is 31.2 Å². The zero-order chi connectivity index (χ0) is 25.8. The second-order valence-corrected chi connectivity index (χ2v) is 7.59. The zero-order valence-corrected chi connectivity index (χ0v) is 19.2. The van der Waals surface area contributed by atoms with Crippen molar-refractivity contribution >= 4 is 17.5 Å². The van der Waals surface area contributed by atoms with Crippen LogP contribution in [-0.4, -0.2) is 109 Å². The molecule has 5 atom stereocenters. The van der Waals surface area contributed by atoms with Crippen LogP contribution in [0.2, 0.25) is 0 Å². The summed E-state index contributed by atoms with van der Waals surface area (Å²) in [7, 11) is 0. The van der Waals surface area contributed by atoms with Gasteiger partial charge in [0.05, 0.1) is 44.6 Å². The molecule has 0 radical (unpaired) electrons. The highest BCUT2D eigenvalue weighted by molar-refractivity contribution is 5.94. The summed E-state index contributed by atoms with van der Waals surface area (Å²) in [5.41, 5.74) is 0.203. The molecule has 1 fully saturated rings. The van der Waals surface area contributed by atoms with Gasteiger partial charge in [-0.1, -0.05) is 0 Å². The molecular formula is C21H31N3O11. The van der Waals surface area contributed by atoms with Crippen LogP contribution in [0.1, 0.15) is 17.3 Å². The van der Waals surface area contributed by atoms with Crippen LogP contribution in [-0.2, 0) is 23.7 Å². The van der Waals surface area contributed by atoms with Crippen molar-refractivity contribution in [3.63, 3.8) is 0 Å². The molecular weight excluding hydrogens is 470 g/mol. The molecule has 14 heteroatoms. The first-order valence-corrected chi connectivity index (χ1v) is 10.9. The van der Waals surface area contributed by atoms with E-state index in [-0.39, 0.29) is 51.2 Å². The summed E-state index contributed by atoms with van der Waals surface area (Å²) in [6.45, 7) is 1.87. The number of hydrogen-bond acceptors (Lipinski definition) is 11. The van der Waals surface area contributed by atoms with Crippen molar-refractivity contribution in [2.24, 2.45) is 0 Å². The molecule has 2 amide bonds. The Bertz CT molecular complexity index is 823. The number of rotatable bonds is 14. The average molecular weight is 501 g/mol. The smallest absolute Gasteiger partial charge is 0.269 e. The minimum Gasteiger partial charge on any atom is -0.394 e. The van der Waals surface area contributed by atoms with Crippen LogP contribution >= 0.6 is 0 Å². The van der Waals surface area contributed by atoms with Gasteiger partial charge in [-0.2, -0.15) is 0 Å². The van der Waals surface area contributed by atoms with E-state index in [1.54, 1.807) is 0 Å². The van der Waals surface area contributed by atoms with Gasteiger partial charge in [-0.3, -0.25) is 19.7 Å². The maximum Gasteiger partial charge on any atom is 0.269 e. The normalized spacial score (nSPS) is 24.1. The molecule has 2 rings (SSSR count). The summed E-state index contributed by atoms with van der Waals surface area (Å²) in [4.78, 5) is 33.4. The van der Waals surface area contributed by atoms with E-state index in [9.17, 15) is 35.0 Å². The number of nitrogens with zero attached hydrogens (tertiary/aromatic N) is 1. The summed E-state index contributed by atoms with van der Waals surface area (Å²) in [6, 6.07) is 4.23. The highest BCUT2D eigenvalue weighted by atomic mass is 16.7. The molecule has 35 heavy (non-hydrogen) atoms. The molecule has 0 bridgehead atoms. The van der Waals surface area contributed by atoms with Gasteiger partial charge in [-0.25, -0.2) is 0 Å². The van der Waals surface area contributed by atoms with E-state index in [1.807, 2.05) is 0 Å². The molecule has 0 aromatic heterocycles. The van der Waals surface area contributed by atoms with Gasteiger partial charge in [0.25, 0.3) is 11.6 Å². The Balaban J connectivity index is 1.57. The fourth-order valence-corrected chi connectivity index (χ4v) is 3.23. The lowest BCUT2D eigenvalue weighted by Gasteiger charge is -2.42. The Labute approximate surface area is 201 Å². The molecule has 1 saturated heterocycles. The van der Waals surface area contributed by atoms with Crippen molar-refractivity contribution in [2.45, 2.75) is 37.6 Å². The summed E-state index contributed by atoms with van der Waals surface area (Å²) in [5.74, 6) is -0.821. The fraction of sp³-hybridized carbons (Fsp3) is 0.619. The third kappa shape index (κ3) is 9.10. The number of carbonyl (C=O) groups is 2. The Kier molecular flexibility index (Phi) is 11.9. The average Bonchev–Trinajstić information content (AvgIpc) is 2.84. The van der Waals surface area contributed by atoms with Crippen molar-refractivity contribution in [1.82, 2.24) is 10.6 Å². The van der Waals surface area contributed by atoms with E-state index in [4.69, 9.17) is 18.9 Å². The van der Waals surface area contributed by atoms with Gasteiger partial charge in [-0.15, -0.1) is 0 Å². The van der Waals surface area contributed by atoms with E-state index in [2.05, 4.69) is 10.6 Å². The van der Waals surface area contributed by atoms with Gasteiger partial charge in [0.15, 0.2) is 6.29 Å². The maximum atomic E-state index is 12.0. The Hall–Kier alpha value is -2.72. The summed E-state index contributed by atoms with van der Waals surface area (Å²) in [6.07, 6.45) is -4.92. The molecule has 2 unspecified atom stereocenters. The van der Waals surface area contributed by atoms with Crippen LogP contribution in [0.3, 0.4) is 0 Å². The second kappa shape index (κ2) is 14.6. The highest BCUT2D eigenvalue weighted by Crippen LogP contribution is 2.22. The molecule has 0 spiro atoms. The first-order chi connectivity index (χ1) is 16.7. The van der Waals surface area contributed by atoms with Crippen molar-refractivity contribution in [3.05, 3.63) is 39.9 Å². The lowest BCUT2D eigenvalue weighted by molar-refractivity contribution is -0.384. The minimum atomic E-state index is -1.39. The van der Waals surface area contributed by atoms with E-state index in [0.717, 1.165) is 0 Å². The monoisotopic (exact) mass is 501 g/mol. The Morgan fingerprint density at radius 2 is 1.69 bits per heavy atom. The van der Waals surface area contributed by atoms with Crippen molar-refractivity contribution in [2.75, 3.05) is 46.2 Å². The first-order valence-electron chi connectivity index (χ1n) is 10.9. The first kappa shape index (κ1) is 28.5. The summed E-state index contributed by atoms with van der Waals surface area (Å²) < 4.78 is 21.7. The van der Waals surface area contributed by atoms with E-state index < -0.39 is 48.1 Å². The number of nitrogens with one attached hydrogen (secondary N) is 2. The van der Waals surface area contributed by atoms with E-state index >= 15 is 0 Å². The summed E-state index contributed by atoms with van der Waals surface area (Å²) >= 11 is 0. The number of nitro groups is 1. The quantitative estimate of drug-likeness (QED) is 0.111. The predicted molar refractivity (Wildman–Crippen MR) is 118 cm³/mol. The van der Waals surface area contributed by atoms with Crippen LogP contribution in [0.15, 0.2) is 24.3 Å². The number of carbonyl (C=O) groups excluding carboxylic acids is 2. The molecule has 1 aromatic carbocycles. The van der Waals surface area contributed by atoms with Crippen LogP contribution in [0.4, 0.5) is 5.69 Å². The van der Waals surface area contributed by atoms with Gasteiger partial charge in [-0.05, 0) is 12.1 Å². The molecule has 196 valence electrons. The van der Waals surface area contributed by atoms with Gasteiger partial charge in [0.1, 0.15) is 24.4 Å². The number of aliphatic hydroxyl groups excluding tert-OH is 3. The van der Waals surface area contributed by atoms with Gasteiger partial charge in [0.2, 0.25) is 5.91 Å². The fourth-order valence-electron chi connectivity index (χ4n) is 3.23. The molecule has 0 aliphatic carbocycles. The largest absolute Gasteiger partial charge is 0.394 e. The van der Waals surface area contributed by atoms with Crippen LogP contribution < -0.4 is 10.6 Å². The number of non-ortho nitro benzene ring substituents is 1. The highest BCUT2D eigenvalue weighted by Gasteiger charge is 2.45. The summed E-state index contributed by atoms with van der Waals surface area (Å²) in [5, 5.41) is 45.2. The number of aliphatic hydroxyl groups is 3. The van der Waals surface area contributed by atoms with Crippen LogP contribution in [0.5, 0.6) is 0 Å². The second-order valence-electron chi connectivity index (χ2n) is 7.59. The van der Waals surface area contributed by atoms with Gasteiger partial charge < -0.3 is 44.9 Å². The number of nitro benzene ring substituents is 1. The van der Waals surface area contributed by atoms with Crippen molar-refractivity contribution in [3.8, 4) is 0 Å². The van der Waals surface area contributed by atoms with Crippen molar-refractivity contribution < 1.29 is 48.8 Å². The molecule has 5 N–H and O–H groups in total. The molecule has 1 aromatic rings. The molecule has 1 aliphatic heterocycles. The number of benzene rings is 1. The number of ether oxygens (including phenoxy) is 4. The molecule has 1 heterocycles. The maximum absolute atomic E-state index is 12.0. The lowest BCUT2D eigenvalue weighted by atomic mass is 9.97. The standard InChI is InChI=1S/C21H31N3O11/c1-13(26)23-17-19(28)18(27)16(12-25)35-21(17)34-11-10-33-9-8-32-7-6-22-20(29)14-2-4-15(5-3-14)24(30)31/h2-5,16-19,21,25,27-28H,6-12H2,1H3,(H,22,29)(H,23,26)/t16?,17?,18-,19+,21+/m0/s1. The van der Waals surface area contributed by atoms with Gasteiger partial charge in [0, 0.05) is 31.2 Å². The lowest BCUT2D eigenvalue weighted by Crippen LogP contribution is -2.64. The molecule has 1 aliphatic rings. The van der Waals surface area contributed by atoms with Crippen LogP contribution in [0.25, 0.3) is 0 Å².